The number of methoxy groups -OCH3 is 1. The molecule has 0 atom stereocenters. The molecule has 0 aliphatic carbocycles. The lowest BCUT2D eigenvalue weighted by Gasteiger charge is -2.15. The van der Waals surface area contributed by atoms with Crippen molar-refractivity contribution in [1.82, 2.24) is 15.1 Å². The number of amides is 1. The Morgan fingerprint density at radius 1 is 1.35 bits per heavy atom. The van der Waals surface area contributed by atoms with Gasteiger partial charge in [-0.2, -0.15) is 0 Å². The highest BCUT2D eigenvalue weighted by Crippen LogP contribution is 2.22. The summed E-state index contributed by atoms with van der Waals surface area (Å²) < 4.78 is 10.8. The zero-order valence-electron chi connectivity index (χ0n) is 13.9. The van der Waals surface area contributed by atoms with Crippen LogP contribution in [-0.4, -0.2) is 41.7 Å². The molecule has 0 aliphatic rings. The van der Waals surface area contributed by atoms with E-state index in [9.17, 15) is 4.79 Å². The predicted octanol–water partition coefficient (Wildman–Crippen LogP) is 2.94. The molecule has 1 amide bonds. The van der Waals surface area contributed by atoms with E-state index in [0.29, 0.717) is 24.6 Å². The largest absolute Gasteiger partial charge is 0.497 e. The third-order valence-corrected chi connectivity index (χ3v) is 3.61. The molecule has 1 aromatic carbocycles. The Balaban J connectivity index is 1.93. The van der Waals surface area contributed by atoms with Crippen LogP contribution in [0.25, 0.3) is 11.5 Å². The van der Waals surface area contributed by atoms with Gasteiger partial charge in [0.25, 0.3) is 0 Å². The molecular formula is C17H23N3O3. The fraction of sp³-hybridized carbons (Fsp3) is 0.471. The van der Waals surface area contributed by atoms with Gasteiger partial charge in [0.2, 0.25) is 17.7 Å². The van der Waals surface area contributed by atoms with Crippen LogP contribution in [0.15, 0.2) is 28.7 Å². The highest BCUT2D eigenvalue weighted by Gasteiger charge is 2.13. The van der Waals surface area contributed by atoms with E-state index in [2.05, 4.69) is 17.1 Å². The van der Waals surface area contributed by atoms with Crippen molar-refractivity contribution in [2.75, 3.05) is 20.7 Å². The molecule has 124 valence electrons. The SMILES string of the molecule is CCCCN(C)C(=O)CCc1nnc(-c2cccc(OC)c2)o1. The highest BCUT2D eigenvalue weighted by molar-refractivity contribution is 5.76. The Bertz CT molecular complexity index is 640. The lowest BCUT2D eigenvalue weighted by atomic mass is 10.2. The molecule has 6 nitrogen and oxygen atoms in total. The van der Waals surface area contributed by atoms with Crippen LogP contribution in [-0.2, 0) is 11.2 Å². The minimum Gasteiger partial charge on any atom is -0.497 e. The number of benzene rings is 1. The van der Waals surface area contributed by atoms with Gasteiger partial charge in [-0.15, -0.1) is 10.2 Å². The third kappa shape index (κ3) is 4.81. The molecule has 0 unspecified atom stereocenters. The number of aryl methyl sites for hydroxylation is 1. The van der Waals surface area contributed by atoms with Crippen molar-refractivity contribution in [3.63, 3.8) is 0 Å². The molecule has 0 radical (unpaired) electrons. The predicted molar refractivity (Wildman–Crippen MR) is 87.2 cm³/mol. The summed E-state index contributed by atoms with van der Waals surface area (Å²) in [4.78, 5) is 13.8. The first-order valence-corrected chi connectivity index (χ1v) is 7.84. The van der Waals surface area contributed by atoms with Gasteiger partial charge in [-0.3, -0.25) is 4.79 Å². The molecule has 0 fully saturated rings. The highest BCUT2D eigenvalue weighted by atomic mass is 16.5. The van der Waals surface area contributed by atoms with Gasteiger partial charge in [-0.25, -0.2) is 0 Å². The summed E-state index contributed by atoms with van der Waals surface area (Å²) in [5.74, 6) is 1.74. The first-order chi connectivity index (χ1) is 11.1. The molecule has 0 aliphatic heterocycles. The second-order valence-corrected chi connectivity index (χ2v) is 5.40. The number of unbranched alkanes of at least 4 members (excludes halogenated alkanes) is 1. The summed E-state index contributed by atoms with van der Waals surface area (Å²) >= 11 is 0. The van der Waals surface area contributed by atoms with E-state index in [1.165, 1.54) is 0 Å². The number of hydrogen-bond acceptors (Lipinski definition) is 5. The summed E-state index contributed by atoms with van der Waals surface area (Å²) in [5.41, 5.74) is 0.800. The minimum absolute atomic E-state index is 0.0968. The molecular weight excluding hydrogens is 294 g/mol. The molecule has 0 spiro atoms. The Morgan fingerprint density at radius 2 is 2.17 bits per heavy atom. The second-order valence-electron chi connectivity index (χ2n) is 5.40. The summed E-state index contributed by atoms with van der Waals surface area (Å²) in [6.07, 6.45) is 2.92. The topological polar surface area (TPSA) is 68.5 Å². The molecule has 6 heteroatoms. The van der Waals surface area contributed by atoms with Gasteiger partial charge in [-0.05, 0) is 24.6 Å². The quantitative estimate of drug-likeness (QED) is 0.749. The number of carbonyl (C=O) groups is 1. The van der Waals surface area contributed by atoms with Crippen LogP contribution in [0.1, 0.15) is 32.1 Å². The van der Waals surface area contributed by atoms with Gasteiger partial charge in [0.05, 0.1) is 7.11 Å². The lowest BCUT2D eigenvalue weighted by molar-refractivity contribution is -0.130. The molecule has 2 rings (SSSR count). The number of carbonyl (C=O) groups excluding carboxylic acids is 1. The van der Waals surface area contributed by atoms with Gasteiger partial charge in [0.15, 0.2) is 0 Å². The number of ether oxygens (including phenoxy) is 1. The Hall–Kier alpha value is -2.37. The fourth-order valence-corrected chi connectivity index (χ4v) is 2.15. The number of rotatable bonds is 8. The van der Waals surface area contributed by atoms with Crippen LogP contribution in [0.4, 0.5) is 0 Å². The molecule has 0 saturated heterocycles. The molecule has 23 heavy (non-hydrogen) atoms. The molecule has 0 N–H and O–H groups in total. The van der Waals surface area contributed by atoms with E-state index in [0.717, 1.165) is 30.7 Å². The number of aromatic nitrogens is 2. The van der Waals surface area contributed by atoms with E-state index in [-0.39, 0.29) is 5.91 Å². The van der Waals surface area contributed by atoms with Crippen molar-refractivity contribution in [1.29, 1.82) is 0 Å². The zero-order valence-corrected chi connectivity index (χ0v) is 13.9. The summed E-state index contributed by atoms with van der Waals surface area (Å²) in [6, 6.07) is 7.43. The molecule has 1 aromatic heterocycles. The first kappa shape index (κ1) is 17.0. The van der Waals surface area contributed by atoms with Gasteiger partial charge in [0, 0.05) is 32.0 Å². The van der Waals surface area contributed by atoms with Gasteiger partial charge in [0.1, 0.15) is 5.75 Å². The standard InChI is InChI=1S/C17H23N3O3/c1-4-5-11-20(2)16(21)10-9-15-18-19-17(23-15)13-7-6-8-14(12-13)22-3/h6-8,12H,4-5,9-11H2,1-3H3. The monoisotopic (exact) mass is 317 g/mol. The lowest BCUT2D eigenvalue weighted by Crippen LogP contribution is -2.27. The zero-order chi connectivity index (χ0) is 16.7. The third-order valence-electron chi connectivity index (χ3n) is 3.61. The van der Waals surface area contributed by atoms with Crippen LogP contribution in [0.2, 0.25) is 0 Å². The van der Waals surface area contributed by atoms with Crippen molar-refractivity contribution < 1.29 is 13.9 Å². The summed E-state index contributed by atoms with van der Waals surface area (Å²) in [5, 5.41) is 8.05. The summed E-state index contributed by atoms with van der Waals surface area (Å²) in [7, 11) is 3.44. The average Bonchev–Trinajstić information content (AvgIpc) is 3.06. The van der Waals surface area contributed by atoms with Gasteiger partial charge >= 0.3 is 0 Å². The van der Waals surface area contributed by atoms with Crippen LogP contribution in [0, 0.1) is 0 Å². The van der Waals surface area contributed by atoms with E-state index >= 15 is 0 Å². The van der Waals surface area contributed by atoms with Crippen molar-refractivity contribution in [3.8, 4) is 17.2 Å². The normalized spacial score (nSPS) is 10.6. The maximum Gasteiger partial charge on any atom is 0.247 e. The number of hydrogen-bond donors (Lipinski definition) is 0. The van der Waals surface area contributed by atoms with Crippen LogP contribution in [0.5, 0.6) is 5.75 Å². The smallest absolute Gasteiger partial charge is 0.247 e. The van der Waals surface area contributed by atoms with Gasteiger partial charge in [-0.1, -0.05) is 19.4 Å². The van der Waals surface area contributed by atoms with E-state index < -0.39 is 0 Å². The number of nitrogens with zero attached hydrogens (tertiary/aromatic N) is 3. The van der Waals surface area contributed by atoms with Crippen molar-refractivity contribution >= 4 is 5.91 Å². The molecule has 1 heterocycles. The summed E-state index contributed by atoms with van der Waals surface area (Å²) in [6.45, 7) is 2.89. The minimum atomic E-state index is 0.0968. The fourth-order valence-electron chi connectivity index (χ4n) is 2.15. The Morgan fingerprint density at radius 3 is 2.91 bits per heavy atom. The maximum atomic E-state index is 12.0. The second kappa shape index (κ2) is 8.31. The van der Waals surface area contributed by atoms with Crippen molar-refractivity contribution in [2.24, 2.45) is 0 Å². The van der Waals surface area contributed by atoms with Crippen molar-refractivity contribution in [3.05, 3.63) is 30.2 Å². The molecule has 0 saturated carbocycles. The first-order valence-electron chi connectivity index (χ1n) is 7.84. The van der Waals surface area contributed by atoms with E-state index in [4.69, 9.17) is 9.15 Å². The van der Waals surface area contributed by atoms with Crippen LogP contribution in [0.3, 0.4) is 0 Å². The van der Waals surface area contributed by atoms with Crippen molar-refractivity contribution in [2.45, 2.75) is 32.6 Å². The van der Waals surface area contributed by atoms with E-state index in [1.54, 1.807) is 12.0 Å². The molecule has 2 aromatic rings. The van der Waals surface area contributed by atoms with Crippen LogP contribution >= 0.6 is 0 Å². The van der Waals surface area contributed by atoms with Gasteiger partial charge < -0.3 is 14.1 Å². The Labute approximate surface area is 136 Å². The van der Waals surface area contributed by atoms with Crippen LogP contribution < -0.4 is 4.74 Å². The Kier molecular flexibility index (Phi) is 6.14. The molecule has 0 bridgehead atoms. The van der Waals surface area contributed by atoms with E-state index in [1.807, 2.05) is 31.3 Å². The average molecular weight is 317 g/mol. The maximum absolute atomic E-state index is 12.0.